The number of nitrogens with zero attached hydrogens (tertiary/aromatic N) is 2. The van der Waals surface area contributed by atoms with Crippen LogP contribution >= 0.6 is 0 Å². The van der Waals surface area contributed by atoms with Crippen LogP contribution < -0.4 is 16.0 Å². The van der Waals surface area contributed by atoms with E-state index in [1.54, 1.807) is 17.0 Å². The third-order valence-electron chi connectivity index (χ3n) is 5.47. The summed E-state index contributed by atoms with van der Waals surface area (Å²) >= 11 is 0. The fourth-order valence-corrected chi connectivity index (χ4v) is 3.24. The summed E-state index contributed by atoms with van der Waals surface area (Å²) in [7, 11) is 0. The number of benzene rings is 1. The van der Waals surface area contributed by atoms with Crippen LogP contribution in [0.2, 0.25) is 0 Å². The van der Waals surface area contributed by atoms with Crippen molar-refractivity contribution < 1.29 is 19.5 Å². The molecular weight excluding hydrogens is 348 g/mol. The van der Waals surface area contributed by atoms with E-state index in [1.165, 1.54) is 0 Å². The van der Waals surface area contributed by atoms with Gasteiger partial charge in [-0.3, -0.25) is 9.59 Å². The van der Waals surface area contributed by atoms with Crippen LogP contribution in [0.5, 0.6) is 0 Å². The van der Waals surface area contributed by atoms with E-state index in [1.807, 2.05) is 26.0 Å². The molecule has 3 amide bonds. The fraction of sp³-hybridized carbons (Fsp3) is 0.526. The molecule has 1 saturated heterocycles. The average molecular weight is 376 g/mol. The van der Waals surface area contributed by atoms with Crippen LogP contribution in [0, 0.1) is 5.41 Å². The molecule has 1 aromatic carbocycles. The zero-order chi connectivity index (χ0) is 20.0. The highest BCUT2D eigenvalue weighted by atomic mass is 16.4. The lowest BCUT2D eigenvalue weighted by Gasteiger charge is -2.37. The second kappa shape index (κ2) is 8.75. The molecule has 0 radical (unpaired) electrons. The molecule has 148 valence electrons. The van der Waals surface area contributed by atoms with Crippen LogP contribution in [0.3, 0.4) is 0 Å². The lowest BCUT2D eigenvalue weighted by Crippen LogP contribution is -2.53. The van der Waals surface area contributed by atoms with Crippen LogP contribution in [0.25, 0.3) is 0 Å². The highest BCUT2D eigenvalue weighted by molar-refractivity contribution is 5.93. The Labute approximate surface area is 159 Å². The van der Waals surface area contributed by atoms with Crippen LogP contribution in [0.4, 0.5) is 10.5 Å². The number of hydrogen-bond donors (Lipinski definition) is 3. The van der Waals surface area contributed by atoms with Crippen molar-refractivity contribution in [2.45, 2.75) is 26.7 Å². The largest absolute Gasteiger partial charge is 0.481 e. The molecular formula is C19H28N4O4. The Morgan fingerprint density at radius 2 is 1.63 bits per heavy atom. The number of urea groups is 1. The van der Waals surface area contributed by atoms with Gasteiger partial charge in [-0.15, -0.1) is 0 Å². The molecule has 1 heterocycles. The first-order valence-corrected chi connectivity index (χ1v) is 9.24. The summed E-state index contributed by atoms with van der Waals surface area (Å²) in [6.07, 6.45) is 0.933. The molecule has 0 spiro atoms. The fourth-order valence-electron chi connectivity index (χ4n) is 3.24. The minimum absolute atomic E-state index is 0.128. The van der Waals surface area contributed by atoms with Gasteiger partial charge < -0.3 is 26.0 Å². The van der Waals surface area contributed by atoms with Crippen LogP contribution in [-0.2, 0) is 4.79 Å². The molecule has 8 heteroatoms. The second-order valence-electron chi connectivity index (χ2n) is 6.84. The number of piperazine rings is 1. The topological polar surface area (TPSA) is 116 Å². The first kappa shape index (κ1) is 20.5. The molecule has 1 fully saturated rings. The minimum Gasteiger partial charge on any atom is -0.481 e. The van der Waals surface area contributed by atoms with Crippen molar-refractivity contribution in [3.8, 4) is 0 Å². The number of carbonyl (C=O) groups is 3. The van der Waals surface area contributed by atoms with Crippen molar-refractivity contribution in [3.63, 3.8) is 0 Å². The molecule has 27 heavy (non-hydrogen) atoms. The van der Waals surface area contributed by atoms with Gasteiger partial charge >= 0.3 is 12.0 Å². The Balaban J connectivity index is 1.88. The summed E-state index contributed by atoms with van der Waals surface area (Å²) in [4.78, 5) is 38.9. The third kappa shape index (κ3) is 4.69. The van der Waals surface area contributed by atoms with Gasteiger partial charge in [-0.1, -0.05) is 13.8 Å². The first-order chi connectivity index (χ1) is 12.8. The number of nitrogens with two attached hydrogens (primary N) is 1. The zero-order valence-electron chi connectivity index (χ0n) is 15.9. The van der Waals surface area contributed by atoms with E-state index >= 15 is 0 Å². The Morgan fingerprint density at radius 3 is 2.07 bits per heavy atom. The van der Waals surface area contributed by atoms with E-state index in [2.05, 4.69) is 10.2 Å². The van der Waals surface area contributed by atoms with Crippen LogP contribution in [-0.4, -0.2) is 60.6 Å². The number of primary amides is 1. The van der Waals surface area contributed by atoms with Crippen molar-refractivity contribution in [2.75, 3.05) is 37.6 Å². The molecule has 0 aromatic heterocycles. The lowest BCUT2D eigenvalue weighted by atomic mass is 9.82. The van der Waals surface area contributed by atoms with Crippen molar-refractivity contribution in [3.05, 3.63) is 29.8 Å². The van der Waals surface area contributed by atoms with Crippen LogP contribution in [0.1, 0.15) is 37.0 Å². The number of carboxylic acid groups (broad SMARTS) is 1. The van der Waals surface area contributed by atoms with Crippen LogP contribution in [0.15, 0.2) is 24.3 Å². The van der Waals surface area contributed by atoms with Gasteiger partial charge in [0, 0.05) is 44.0 Å². The molecule has 0 bridgehead atoms. The van der Waals surface area contributed by atoms with Gasteiger partial charge in [0.1, 0.15) is 0 Å². The molecule has 4 N–H and O–H groups in total. The maximum atomic E-state index is 12.4. The van der Waals surface area contributed by atoms with Gasteiger partial charge in [0.25, 0.3) is 0 Å². The highest BCUT2D eigenvalue weighted by Gasteiger charge is 2.35. The van der Waals surface area contributed by atoms with Gasteiger partial charge in [0.05, 0.1) is 5.41 Å². The van der Waals surface area contributed by atoms with E-state index < -0.39 is 17.3 Å². The Morgan fingerprint density at radius 1 is 1.07 bits per heavy atom. The summed E-state index contributed by atoms with van der Waals surface area (Å²) in [5.41, 5.74) is 5.77. The SMILES string of the molecule is CCC(CC)(CNC(=O)N1CCN(c2ccc(C(N)=O)cc2)CC1)C(=O)O. The number of rotatable bonds is 7. The Kier molecular flexibility index (Phi) is 6.65. The lowest BCUT2D eigenvalue weighted by molar-refractivity contribution is -0.149. The molecule has 1 aromatic rings. The molecule has 0 aliphatic carbocycles. The monoisotopic (exact) mass is 376 g/mol. The molecule has 0 saturated carbocycles. The summed E-state index contributed by atoms with van der Waals surface area (Å²) in [6.45, 7) is 6.19. The summed E-state index contributed by atoms with van der Waals surface area (Å²) in [6, 6.07) is 6.85. The van der Waals surface area contributed by atoms with Gasteiger partial charge in [0.2, 0.25) is 5.91 Å². The molecule has 0 atom stereocenters. The first-order valence-electron chi connectivity index (χ1n) is 9.24. The predicted octanol–water partition coefficient (Wildman–Crippen LogP) is 1.51. The third-order valence-corrected chi connectivity index (χ3v) is 5.47. The number of hydrogen-bond acceptors (Lipinski definition) is 4. The van der Waals surface area contributed by atoms with E-state index in [4.69, 9.17) is 5.73 Å². The molecule has 0 unspecified atom stereocenters. The van der Waals surface area contributed by atoms with Crippen molar-refractivity contribution in [1.82, 2.24) is 10.2 Å². The molecule has 2 rings (SSSR count). The number of nitrogens with one attached hydrogen (secondary N) is 1. The Hall–Kier alpha value is -2.77. The highest BCUT2D eigenvalue weighted by Crippen LogP contribution is 2.26. The smallest absolute Gasteiger partial charge is 0.317 e. The standard InChI is InChI=1S/C19H28N4O4/c1-3-19(4-2,17(25)26)13-21-18(27)23-11-9-22(10-12-23)15-7-5-14(6-8-15)16(20)24/h5-8H,3-4,9-13H2,1-2H3,(H2,20,24)(H,21,27)(H,25,26). The Bertz CT molecular complexity index is 677. The van der Waals surface area contributed by atoms with Crippen molar-refractivity contribution >= 4 is 23.6 Å². The predicted molar refractivity (Wildman–Crippen MR) is 103 cm³/mol. The van der Waals surface area contributed by atoms with E-state index in [9.17, 15) is 19.5 Å². The summed E-state index contributed by atoms with van der Waals surface area (Å²) < 4.78 is 0. The van der Waals surface area contributed by atoms with E-state index in [0.717, 1.165) is 5.69 Å². The van der Waals surface area contributed by atoms with Gasteiger partial charge in [-0.25, -0.2) is 4.79 Å². The van der Waals surface area contributed by atoms with E-state index in [0.29, 0.717) is 44.6 Å². The molecule has 1 aliphatic heterocycles. The van der Waals surface area contributed by atoms with E-state index in [-0.39, 0.29) is 12.6 Å². The van der Waals surface area contributed by atoms with Gasteiger partial charge in [-0.2, -0.15) is 0 Å². The molecule has 1 aliphatic rings. The maximum Gasteiger partial charge on any atom is 0.317 e. The molecule has 8 nitrogen and oxygen atoms in total. The number of carbonyl (C=O) groups excluding carboxylic acids is 2. The normalized spacial score (nSPS) is 14.7. The number of amides is 3. The number of anilines is 1. The summed E-state index contributed by atoms with van der Waals surface area (Å²) in [5, 5.41) is 12.2. The number of carboxylic acids is 1. The summed E-state index contributed by atoms with van der Waals surface area (Å²) in [5.74, 6) is -1.34. The van der Waals surface area contributed by atoms with Crippen molar-refractivity contribution in [2.24, 2.45) is 11.1 Å². The van der Waals surface area contributed by atoms with Gasteiger partial charge in [-0.05, 0) is 37.1 Å². The quantitative estimate of drug-likeness (QED) is 0.667. The maximum absolute atomic E-state index is 12.4. The zero-order valence-corrected chi connectivity index (χ0v) is 15.9. The van der Waals surface area contributed by atoms with Gasteiger partial charge in [0.15, 0.2) is 0 Å². The number of aliphatic carboxylic acids is 1. The van der Waals surface area contributed by atoms with Crippen molar-refractivity contribution in [1.29, 1.82) is 0 Å². The average Bonchev–Trinajstić information content (AvgIpc) is 2.69. The second-order valence-corrected chi connectivity index (χ2v) is 6.84. The minimum atomic E-state index is -0.917.